The lowest BCUT2D eigenvalue weighted by Gasteiger charge is -2.15. The quantitative estimate of drug-likeness (QED) is 0.686. The van der Waals surface area contributed by atoms with Crippen LogP contribution in [0.1, 0.15) is 46.0 Å². The Bertz CT molecular complexity index is 121. The molecule has 0 aromatic rings. The lowest BCUT2D eigenvalue weighted by atomic mass is 10.1. The summed E-state index contributed by atoms with van der Waals surface area (Å²) in [7, 11) is 0. The van der Waals surface area contributed by atoms with Gasteiger partial charge >= 0.3 is 0 Å². The lowest BCUT2D eigenvalue weighted by Crippen LogP contribution is -2.27. The first-order valence-electron chi connectivity index (χ1n) is 5.68. The summed E-state index contributed by atoms with van der Waals surface area (Å²) in [6, 6.07) is 0.657. The molecule has 78 valence electrons. The normalized spacial score (nSPS) is 24.9. The van der Waals surface area contributed by atoms with E-state index in [0.717, 1.165) is 13.2 Å². The van der Waals surface area contributed by atoms with Crippen molar-refractivity contribution in [3.05, 3.63) is 0 Å². The van der Waals surface area contributed by atoms with Gasteiger partial charge in [-0.3, -0.25) is 0 Å². The molecule has 0 bridgehead atoms. The maximum atomic E-state index is 5.58. The van der Waals surface area contributed by atoms with Gasteiger partial charge in [0.1, 0.15) is 0 Å². The predicted octanol–water partition coefficient (Wildman–Crippen LogP) is 2.33. The van der Waals surface area contributed by atoms with E-state index in [1.165, 1.54) is 32.1 Å². The van der Waals surface area contributed by atoms with E-state index in [2.05, 4.69) is 19.2 Å². The van der Waals surface area contributed by atoms with Crippen molar-refractivity contribution in [2.24, 2.45) is 0 Å². The third-order valence-electron chi connectivity index (χ3n) is 2.69. The summed E-state index contributed by atoms with van der Waals surface area (Å²) in [5.41, 5.74) is 0. The maximum absolute atomic E-state index is 5.58. The fraction of sp³-hybridized carbons (Fsp3) is 1.00. The van der Waals surface area contributed by atoms with Crippen molar-refractivity contribution in [1.82, 2.24) is 5.32 Å². The van der Waals surface area contributed by atoms with Crippen molar-refractivity contribution in [2.45, 2.75) is 58.1 Å². The average Bonchev–Trinajstić information content (AvgIpc) is 2.64. The summed E-state index contributed by atoms with van der Waals surface area (Å²) in [4.78, 5) is 0. The second-order valence-electron chi connectivity index (χ2n) is 4.07. The minimum Gasteiger partial charge on any atom is -0.378 e. The Morgan fingerprint density at radius 2 is 2.38 bits per heavy atom. The van der Waals surface area contributed by atoms with Crippen molar-refractivity contribution in [2.75, 3.05) is 13.2 Å². The highest BCUT2D eigenvalue weighted by Crippen LogP contribution is 2.17. The van der Waals surface area contributed by atoms with Gasteiger partial charge < -0.3 is 10.1 Å². The molecule has 0 amide bonds. The summed E-state index contributed by atoms with van der Waals surface area (Å²) in [6.45, 7) is 6.61. The fourth-order valence-electron chi connectivity index (χ4n) is 1.80. The molecule has 2 unspecified atom stereocenters. The third kappa shape index (κ3) is 4.63. The maximum Gasteiger partial charge on any atom is 0.0576 e. The zero-order valence-corrected chi connectivity index (χ0v) is 9.01. The highest BCUT2D eigenvalue weighted by atomic mass is 16.5. The number of nitrogens with one attached hydrogen (secondary N) is 1. The Morgan fingerprint density at radius 1 is 1.54 bits per heavy atom. The summed E-state index contributed by atoms with van der Waals surface area (Å²) in [5.74, 6) is 0. The molecule has 1 rings (SSSR count). The van der Waals surface area contributed by atoms with Gasteiger partial charge in [0.15, 0.2) is 0 Å². The Balaban J connectivity index is 1.97. The van der Waals surface area contributed by atoms with E-state index in [1.807, 2.05) is 0 Å². The molecular weight excluding hydrogens is 162 g/mol. The van der Waals surface area contributed by atoms with Gasteiger partial charge in [-0.1, -0.05) is 6.92 Å². The van der Waals surface area contributed by atoms with Crippen molar-refractivity contribution >= 4 is 0 Å². The predicted molar refractivity (Wildman–Crippen MR) is 56.0 cm³/mol. The summed E-state index contributed by atoms with van der Waals surface area (Å²) >= 11 is 0. The van der Waals surface area contributed by atoms with E-state index < -0.39 is 0 Å². The second kappa shape index (κ2) is 6.39. The zero-order chi connectivity index (χ0) is 9.52. The molecule has 2 atom stereocenters. The van der Waals surface area contributed by atoms with Gasteiger partial charge in [-0.05, 0) is 45.6 Å². The van der Waals surface area contributed by atoms with E-state index in [4.69, 9.17) is 4.74 Å². The van der Waals surface area contributed by atoms with Crippen LogP contribution < -0.4 is 5.32 Å². The molecule has 1 aliphatic rings. The minimum absolute atomic E-state index is 0.561. The third-order valence-corrected chi connectivity index (χ3v) is 2.69. The van der Waals surface area contributed by atoms with Gasteiger partial charge in [0.2, 0.25) is 0 Å². The average molecular weight is 185 g/mol. The molecule has 0 saturated carbocycles. The number of ether oxygens (including phenoxy) is 1. The van der Waals surface area contributed by atoms with Gasteiger partial charge in [0.05, 0.1) is 6.10 Å². The van der Waals surface area contributed by atoms with Crippen molar-refractivity contribution < 1.29 is 4.74 Å². The molecule has 0 aliphatic carbocycles. The topological polar surface area (TPSA) is 21.3 Å². The van der Waals surface area contributed by atoms with E-state index in [1.54, 1.807) is 0 Å². The largest absolute Gasteiger partial charge is 0.378 e. The molecule has 0 aromatic carbocycles. The zero-order valence-electron chi connectivity index (χ0n) is 9.01. The molecular formula is C11H23NO. The smallest absolute Gasteiger partial charge is 0.0576 e. The first kappa shape index (κ1) is 11.0. The first-order valence-corrected chi connectivity index (χ1v) is 5.68. The Hall–Kier alpha value is -0.0800. The highest BCUT2D eigenvalue weighted by Gasteiger charge is 2.15. The number of rotatable bonds is 6. The van der Waals surface area contributed by atoms with Crippen LogP contribution in [0.25, 0.3) is 0 Å². The van der Waals surface area contributed by atoms with Crippen LogP contribution in [0.5, 0.6) is 0 Å². The molecule has 2 heteroatoms. The molecule has 1 fully saturated rings. The SMILES string of the molecule is CCCNC(C)CCC1CCCO1. The van der Waals surface area contributed by atoms with Gasteiger partial charge in [-0.15, -0.1) is 0 Å². The molecule has 1 N–H and O–H groups in total. The number of hydrogen-bond donors (Lipinski definition) is 1. The van der Waals surface area contributed by atoms with Gasteiger partial charge in [-0.25, -0.2) is 0 Å². The first-order chi connectivity index (χ1) is 6.33. The van der Waals surface area contributed by atoms with Gasteiger partial charge in [0.25, 0.3) is 0 Å². The van der Waals surface area contributed by atoms with Crippen LogP contribution in [0, 0.1) is 0 Å². The van der Waals surface area contributed by atoms with E-state index >= 15 is 0 Å². The number of hydrogen-bond acceptors (Lipinski definition) is 2. The Morgan fingerprint density at radius 3 is 3.00 bits per heavy atom. The molecule has 1 heterocycles. The minimum atomic E-state index is 0.561. The molecule has 1 saturated heterocycles. The van der Waals surface area contributed by atoms with E-state index in [-0.39, 0.29) is 0 Å². The van der Waals surface area contributed by atoms with Gasteiger partial charge in [-0.2, -0.15) is 0 Å². The standard InChI is InChI=1S/C11H23NO/c1-3-8-12-10(2)6-7-11-5-4-9-13-11/h10-12H,3-9H2,1-2H3. The van der Waals surface area contributed by atoms with Crippen LogP contribution in [-0.4, -0.2) is 25.3 Å². The van der Waals surface area contributed by atoms with E-state index in [9.17, 15) is 0 Å². The molecule has 2 nitrogen and oxygen atoms in total. The van der Waals surface area contributed by atoms with Crippen LogP contribution in [0.4, 0.5) is 0 Å². The van der Waals surface area contributed by atoms with Crippen LogP contribution in [0.2, 0.25) is 0 Å². The van der Waals surface area contributed by atoms with Crippen LogP contribution in [0.15, 0.2) is 0 Å². The van der Waals surface area contributed by atoms with Gasteiger partial charge in [0, 0.05) is 12.6 Å². The highest BCUT2D eigenvalue weighted by molar-refractivity contribution is 4.68. The molecule has 0 spiro atoms. The fourth-order valence-corrected chi connectivity index (χ4v) is 1.80. The molecule has 1 aliphatic heterocycles. The lowest BCUT2D eigenvalue weighted by molar-refractivity contribution is 0.100. The van der Waals surface area contributed by atoms with Crippen molar-refractivity contribution in [1.29, 1.82) is 0 Å². The summed E-state index contributed by atoms with van der Waals surface area (Å²) in [6.07, 6.45) is 6.82. The van der Waals surface area contributed by atoms with Crippen molar-refractivity contribution in [3.63, 3.8) is 0 Å². The summed E-state index contributed by atoms with van der Waals surface area (Å²) in [5, 5.41) is 3.50. The molecule has 0 aromatic heterocycles. The van der Waals surface area contributed by atoms with Crippen molar-refractivity contribution in [3.8, 4) is 0 Å². The monoisotopic (exact) mass is 185 g/mol. The van der Waals surface area contributed by atoms with Crippen LogP contribution in [0.3, 0.4) is 0 Å². The Kier molecular flexibility index (Phi) is 5.40. The second-order valence-corrected chi connectivity index (χ2v) is 4.07. The van der Waals surface area contributed by atoms with E-state index in [0.29, 0.717) is 12.1 Å². The van der Waals surface area contributed by atoms with Crippen LogP contribution in [-0.2, 0) is 4.74 Å². The van der Waals surface area contributed by atoms with Crippen LogP contribution >= 0.6 is 0 Å². The molecule has 13 heavy (non-hydrogen) atoms. The Labute approximate surface area is 82.0 Å². The molecule has 0 radical (unpaired) electrons. The summed E-state index contributed by atoms with van der Waals surface area (Å²) < 4.78 is 5.58.